The maximum Gasteiger partial charge on any atom is 0.161 e. The van der Waals surface area contributed by atoms with Crippen LogP contribution in [0.3, 0.4) is 0 Å². The summed E-state index contributed by atoms with van der Waals surface area (Å²) in [7, 11) is 1.60. The van der Waals surface area contributed by atoms with E-state index in [1.807, 2.05) is 6.07 Å². The van der Waals surface area contributed by atoms with Gasteiger partial charge in [0.1, 0.15) is 6.61 Å². The number of rotatable bonds is 9. The lowest BCUT2D eigenvalue weighted by Gasteiger charge is -2.12. The lowest BCUT2D eigenvalue weighted by Crippen LogP contribution is -2.08. The van der Waals surface area contributed by atoms with Crippen LogP contribution in [0.4, 0.5) is 0 Å². The van der Waals surface area contributed by atoms with Gasteiger partial charge in [0.2, 0.25) is 0 Å². The highest BCUT2D eigenvalue weighted by atomic mass is 16.5. The third-order valence-electron chi connectivity index (χ3n) is 2.54. The summed E-state index contributed by atoms with van der Waals surface area (Å²) in [5.41, 5.74) is 0.803. The van der Waals surface area contributed by atoms with E-state index in [-0.39, 0.29) is 6.61 Å². The minimum Gasteiger partial charge on any atom is -0.493 e. The van der Waals surface area contributed by atoms with Crippen molar-refractivity contribution in [2.75, 3.05) is 26.9 Å². The normalized spacial score (nSPS) is 10.4. The average molecular weight is 254 g/mol. The van der Waals surface area contributed by atoms with Crippen LogP contribution in [-0.4, -0.2) is 32.0 Å². The van der Waals surface area contributed by atoms with Crippen LogP contribution in [0.2, 0.25) is 0 Å². The molecule has 0 heterocycles. The summed E-state index contributed by atoms with van der Waals surface area (Å²) in [6.07, 6.45) is 2.20. The lowest BCUT2D eigenvalue weighted by molar-refractivity contribution is 0.0969. The Morgan fingerprint density at radius 3 is 2.61 bits per heavy atom. The molecule has 0 aliphatic rings. The first kappa shape index (κ1) is 14.8. The number of aliphatic hydroxyl groups is 1. The Labute approximate surface area is 108 Å². The predicted molar refractivity (Wildman–Crippen MR) is 70.1 cm³/mol. The van der Waals surface area contributed by atoms with Crippen molar-refractivity contribution >= 4 is 0 Å². The molecule has 1 rings (SSSR count). The molecule has 102 valence electrons. The Morgan fingerprint density at radius 1 is 1.11 bits per heavy atom. The van der Waals surface area contributed by atoms with E-state index in [0.717, 1.165) is 25.0 Å². The molecule has 0 fully saturated rings. The summed E-state index contributed by atoms with van der Waals surface area (Å²) < 4.78 is 16.2. The van der Waals surface area contributed by atoms with Crippen molar-refractivity contribution in [2.45, 2.75) is 26.4 Å². The number of benzene rings is 1. The molecular formula is C14H22O4. The fourth-order valence-electron chi connectivity index (χ4n) is 1.49. The molecule has 4 heteroatoms. The Kier molecular flexibility index (Phi) is 7.22. The second-order valence-corrected chi connectivity index (χ2v) is 3.96. The first-order valence-corrected chi connectivity index (χ1v) is 6.30. The van der Waals surface area contributed by atoms with E-state index in [1.54, 1.807) is 19.2 Å². The third kappa shape index (κ3) is 4.94. The maximum atomic E-state index is 9.07. The van der Waals surface area contributed by atoms with Crippen molar-refractivity contribution in [1.82, 2.24) is 0 Å². The Bertz CT molecular complexity index is 339. The maximum absolute atomic E-state index is 9.07. The molecule has 1 N–H and O–H groups in total. The highest BCUT2D eigenvalue weighted by molar-refractivity contribution is 5.42. The molecule has 0 aromatic heterocycles. The smallest absolute Gasteiger partial charge is 0.161 e. The summed E-state index contributed by atoms with van der Waals surface area (Å²) in [4.78, 5) is 0. The fourth-order valence-corrected chi connectivity index (χ4v) is 1.49. The number of ether oxygens (including phenoxy) is 3. The van der Waals surface area contributed by atoms with Crippen molar-refractivity contribution in [3.63, 3.8) is 0 Å². The fraction of sp³-hybridized carbons (Fsp3) is 0.571. The summed E-state index contributed by atoms with van der Waals surface area (Å²) >= 11 is 0. The molecule has 0 amide bonds. The van der Waals surface area contributed by atoms with Crippen molar-refractivity contribution in [2.24, 2.45) is 0 Å². The molecule has 0 saturated heterocycles. The van der Waals surface area contributed by atoms with E-state index >= 15 is 0 Å². The van der Waals surface area contributed by atoms with E-state index in [1.165, 1.54) is 0 Å². The van der Waals surface area contributed by atoms with Crippen LogP contribution in [0.25, 0.3) is 0 Å². The largest absolute Gasteiger partial charge is 0.493 e. The van der Waals surface area contributed by atoms with Crippen molar-refractivity contribution in [3.8, 4) is 11.5 Å². The Morgan fingerprint density at radius 2 is 1.94 bits per heavy atom. The average Bonchev–Trinajstić information content (AvgIpc) is 2.42. The van der Waals surface area contributed by atoms with E-state index in [0.29, 0.717) is 24.7 Å². The molecule has 0 unspecified atom stereocenters. The van der Waals surface area contributed by atoms with E-state index in [4.69, 9.17) is 19.3 Å². The minimum atomic E-state index is -0.00659. The molecule has 0 atom stereocenters. The van der Waals surface area contributed by atoms with Crippen LogP contribution in [-0.2, 0) is 11.3 Å². The number of hydrogen-bond donors (Lipinski definition) is 1. The first-order valence-electron chi connectivity index (χ1n) is 6.30. The van der Waals surface area contributed by atoms with Crippen LogP contribution < -0.4 is 9.47 Å². The number of unbranched alkanes of at least 4 members (excludes halogenated alkanes) is 1. The van der Waals surface area contributed by atoms with Crippen LogP contribution in [0.15, 0.2) is 18.2 Å². The van der Waals surface area contributed by atoms with E-state index in [2.05, 4.69) is 6.92 Å². The lowest BCUT2D eigenvalue weighted by atomic mass is 10.2. The molecule has 0 bridgehead atoms. The summed E-state index contributed by atoms with van der Waals surface area (Å²) in [5, 5.41) is 9.07. The molecule has 0 aliphatic carbocycles. The van der Waals surface area contributed by atoms with Crippen LogP contribution in [0.5, 0.6) is 11.5 Å². The van der Waals surface area contributed by atoms with Gasteiger partial charge in [0.25, 0.3) is 0 Å². The van der Waals surface area contributed by atoms with Gasteiger partial charge in [0, 0.05) is 6.61 Å². The van der Waals surface area contributed by atoms with E-state index < -0.39 is 0 Å². The van der Waals surface area contributed by atoms with Gasteiger partial charge in [-0.1, -0.05) is 19.4 Å². The standard InChI is InChI=1S/C14H22O4/c1-3-4-7-17-8-9-18-14-10-12(11-15)5-6-13(14)16-2/h5-6,10,15H,3-4,7-9,11H2,1-2H3. The van der Waals surface area contributed by atoms with Gasteiger partial charge in [0.05, 0.1) is 20.3 Å². The molecule has 0 saturated carbocycles. The van der Waals surface area contributed by atoms with Crippen LogP contribution in [0, 0.1) is 0 Å². The summed E-state index contributed by atoms with van der Waals surface area (Å²) in [5.74, 6) is 1.31. The number of aliphatic hydroxyl groups excluding tert-OH is 1. The molecular weight excluding hydrogens is 232 g/mol. The zero-order valence-corrected chi connectivity index (χ0v) is 11.1. The summed E-state index contributed by atoms with van der Waals surface area (Å²) in [6.45, 7) is 3.94. The van der Waals surface area contributed by atoms with Crippen molar-refractivity contribution < 1.29 is 19.3 Å². The highest BCUT2D eigenvalue weighted by Gasteiger charge is 2.05. The van der Waals surface area contributed by atoms with Gasteiger partial charge in [-0.25, -0.2) is 0 Å². The Hall–Kier alpha value is -1.26. The molecule has 0 spiro atoms. The SMILES string of the molecule is CCCCOCCOc1cc(CO)ccc1OC. The zero-order chi connectivity index (χ0) is 13.2. The quantitative estimate of drug-likeness (QED) is 0.687. The second-order valence-electron chi connectivity index (χ2n) is 3.96. The van der Waals surface area contributed by atoms with Crippen LogP contribution in [0.1, 0.15) is 25.3 Å². The van der Waals surface area contributed by atoms with Gasteiger partial charge >= 0.3 is 0 Å². The molecule has 1 aromatic carbocycles. The van der Waals surface area contributed by atoms with Gasteiger partial charge in [-0.3, -0.25) is 0 Å². The molecule has 0 aliphatic heterocycles. The first-order chi connectivity index (χ1) is 8.81. The zero-order valence-electron chi connectivity index (χ0n) is 11.1. The molecule has 4 nitrogen and oxygen atoms in total. The predicted octanol–water partition coefficient (Wildman–Crippen LogP) is 2.38. The minimum absolute atomic E-state index is 0.00659. The van der Waals surface area contributed by atoms with Gasteiger partial charge in [-0.2, -0.15) is 0 Å². The summed E-state index contributed by atoms with van der Waals surface area (Å²) in [6, 6.07) is 5.38. The van der Waals surface area contributed by atoms with Gasteiger partial charge < -0.3 is 19.3 Å². The van der Waals surface area contributed by atoms with Gasteiger partial charge in [-0.15, -0.1) is 0 Å². The van der Waals surface area contributed by atoms with E-state index in [9.17, 15) is 0 Å². The van der Waals surface area contributed by atoms with Crippen molar-refractivity contribution in [3.05, 3.63) is 23.8 Å². The van der Waals surface area contributed by atoms with Crippen LogP contribution >= 0.6 is 0 Å². The highest BCUT2D eigenvalue weighted by Crippen LogP contribution is 2.27. The molecule has 18 heavy (non-hydrogen) atoms. The third-order valence-corrected chi connectivity index (χ3v) is 2.54. The second kappa shape index (κ2) is 8.78. The monoisotopic (exact) mass is 254 g/mol. The number of hydrogen-bond acceptors (Lipinski definition) is 4. The molecule has 0 radical (unpaired) electrons. The van der Waals surface area contributed by atoms with Gasteiger partial charge in [0.15, 0.2) is 11.5 Å². The van der Waals surface area contributed by atoms with Gasteiger partial charge in [-0.05, 0) is 24.1 Å². The number of methoxy groups -OCH3 is 1. The Balaban J connectivity index is 2.39. The topological polar surface area (TPSA) is 47.9 Å². The van der Waals surface area contributed by atoms with Crippen molar-refractivity contribution in [1.29, 1.82) is 0 Å². The molecule has 1 aromatic rings.